The highest BCUT2D eigenvalue weighted by atomic mass is 32.2. The van der Waals surface area contributed by atoms with Crippen LogP contribution in [0.5, 0.6) is 0 Å². The highest BCUT2D eigenvalue weighted by Crippen LogP contribution is 2.35. The van der Waals surface area contributed by atoms with E-state index in [0.717, 1.165) is 17.7 Å². The Bertz CT molecular complexity index is 979. The van der Waals surface area contributed by atoms with Gasteiger partial charge >= 0.3 is 6.18 Å². The van der Waals surface area contributed by atoms with E-state index >= 15 is 0 Å². The van der Waals surface area contributed by atoms with Crippen molar-refractivity contribution in [1.82, 2.24) is 4.90 Å². The van der Waals surface area contributed by atoms with Crippen LogP contribution in [0.2, 0.25) is 0 Å². The van der Waals surface area contributed by atoms with Crippen LogP contribution in [-0.4, -0.2) is 48.3 Å². The largest absolute Gasteiger partial charge is 0.393 e. The number of nitrogens with zero attached hydrogens (tertiary/aromatic N) is 2. The van der Waals surface area contributed by atoms with Gasteiger partial charge in [-0.25, -0.2) is 0 Å². The summed E-state index contributed by atoms with van der Waals surface area (Å²) in [6, 6.07) is 14.6. The van der Waals surface area contributed by atoms with Gasteiger partial charge in [-0.2, -0.15) is 13.2 Å². The third-order valence-corrected chi connectivity index (χ3v) is 6.89. The van der Waals surface area contributed by atoms with Gasteiger partial charge in [0.05, 0.1) is 17.2 Å². The summed E-state index contributed by atoms with van der Waals surface area (Å²) in [6.07, 6.45) is -3.10. The maximum Gasteiger partial charge on any atom is 0.393 e. The molecule has 31 heavy (non-hydrogen) atoms. The van der Waals surface area contributed by atoms with Crippen LogP contribution in [0.4, 0.5) is 18.9 Å². The van der Waals surface area contributed by atoms with Crippen molar-refractivity contribution in [3.8, 4) is 0 Å². The highest BCUT2D eigenvalue weighted by molar-refractivity contribution is 8.00. The zero-order chi connectivity index (χ0) is 22.0. The van der Waals surface area contributed by atoms with Crippen LogP contribution in [0.15, 0.2) is 53.4 Å². The predicted molar refractivity (Wildman–Crippen MR) is 114 cm³/mol. The van der Waals surface area contributed by atoms with Gasteiger partial charge in [0.1, 0.15) is 0 Å². The first-order valence-corrected chi connectivity index (χ1v) is 11.3. The quantitative estimate of drug-likeness (QED) is 0.632. The van der Waals surface area contributed by atoms with Gasteiger partial charge in [0.15, 0.2) is 0 Å². The lowest BCUT2D eigenvalue weighted by molar-refractivity contribution is -0.184. The van der Waals surface area contributed by atoms with Crippen LogP contribution in [0.1, 0.15) is 28.8 Å². The Labute approximate surface area is 183 Å². The number of benzene rings is 2. The number of halogens is 3. The standard InChI is InChI=1S/C23H23F3N2O2S/c24-23(25,26)17-7-5-12-27(14-17)22(30)18-8-2-4-10-20(18)31-15-21(29)28-13-11-16-6-1-3-9-19(16)28/h1-4,6,8-10,17H,5,7,11-15H2. The molecular weight excluding hydrogens is 425 g/mol. The molecule has 2 aromatic carbocycles. The summed E-state index contributed by atoms with van der Waals surface area (Å²) in [7, 11) is 0. The molecule has 0 saturated carbocycles. The number of rotatable bonds is 4. The second-order valence-electron chi connectivity index (χ2n) is 7.84. The number of carbonyl (C=O) groups excluding carboxylic acids is 2. The van der Waals surface area contributed by atoms with Crippen LogP contribution in [0.3, 0.4) is 0 Å². The van der Waals surface area contributed by atoms with Crippen LogP contribution in [-0.2, 0) is 11.2 Å². The van der Waals surface area contributed by atoms with Gasteiger partial charge in [-0.3, -0.25) is 9.59 Å². The summed E-state index contributed by atoms with van der Waals surface area (Å²) < 4.78 is 39.4. The fourth-order valence-corrected chi connectivity index (χ4v) is 5.10. The maximum atomic E-state index is 13.1. The van der Waals surface area contributed by atoms with Gasteiger partial charge in [-0.05, 0) is 43.0 Å². The molecular formula is C23H23F3N2O2S. The fourth-order valence-electron chi connectivity index (χ4n) is 4.18. The molecule has 0 N–H and O–H groups in total. The number of amides is 2. The first-order valence-electron chi connectivity index (χ1n) is 10.3. The molecule has 1 saturated heterocycles. The van der Waals surface area contributed by atoms with E-state index in [1.165, 1.54) is 16.7 Å². The number of para-hydroxylation sites is 1. The minimum atomic E-state index is -4.30. The van der Waals surface area contributed by atoms with Gasteiger partial charge in [0.25, 0.3) is 5.91 Å². The van der Waals surface area contributed by atoms with E-state index in [0.29, 0.717) is 30.0 Å². The summed E-state index contributed by atoms with van der Waals surface area (Å²) in [4.78, 5) is 29.5. The zero-order valence-electron chi connectivity index (χ0n) is 16.9. The molecule has 2 heterocycles. The van der Waals surface area contributed by atoms with E-state index in [1.807, 2.05) is 24.3 Å². The third-order valence-electron chi connectivity index (χ3n) is 5.83. The molecule has 2 aliphatic heterocycles. The number of alkyl halides is 3. The number of hydrogen-bond donors (Lipinski definition) is 0. The first kappa shape index (κ1) is 21.7. The topological polar surface area (TPSA) is 40.6 Å². The second-order valence-corrected chi connectivity index (χ2v) is 8.86. The second kappa shape index (κ2) is 8.94. The van der Waals surface area contributed by atoms with E-state index in [-0.39, 0.29) is 24.6 Å². The van der Waals surface area contributed by atoms with Crippen molar-refractivity contribution < 1.29 is 22.8 Å². The van der Waals surface area contributed by atoms with E-state index in [2.05, 4.69) is 0 Å². The Morgan fingerprint density at radius 2 is 1.77 bits per heavy atom. The Hall–Kier alpha value is -2.48. The smallest absolute Gasteiger partial charge is 0.338 e. The number of fused-ring (bicyclic) bond motifs is 1. The molecule has 0 aliphatic carbocycles. The number of carbonyl (C=O) groups is 2. The molecule has 2 aliphatic rings. The summed E-state index contributed by atoms with van der Waals surface area (Å²) in [5.74, 6) is -1.78. The molecule has 0 bridgehead atoms. The number of anilines is 1. The summed E-state index contributed by atoms with van der Waals surface area (Å²) in [6.45, 7) is 0.630. The minimum Gasteiger partial charge on any atom is -0.338 e. The Morgan fingerprint density at radius 3 is 2.58 bits per heavy atom. The van der Waals surface area contributed by atoms with Crippen molar-refractivity contribution in [2.45, 2.75) is 30.3 Å². The molecule has 2 amide bonds. The molecule has 164 valence electrons. The molecule has 0 aromatic heterocycles. The molecule has 4 nitrogen and oxygen atoms in total. The van der Waals surface area contributed by atoms with Crippen LogP contribution >= 0.6 is 11.8 Å². The summed E-state index contributed by atoms with van der Waals surface area (Å²) >= 11 is 1.25. The third kappa shape index (κ3) is 4.74. The maximum absolute atomic E-state index is 13.1. The number of likely N-dealkylation sites (tertiary alicyclic amines) is 1. The number of thioether (sulfide) groups is 1. The average molecular weight is 449 g/mol. The van der Waals surface area contributed by atoms with Gasteiger partial charge in [-0.15, -0.1) is 11.8 Å². The van der Waals surface area contributed by atoms with Crippen LogP contribution < -0.4 is 4.90 Å². The van der Waals surface area contributed by atoms with E-state index in [9.17, 15) is 22.8 Å². The van der Waals surface area contributed by atoms with Gasteiger partial charge in [0.2, 0.25) is 5.91 Å². The van der Waals surface area contributed by atoms with Crippen LogP contribution in [0, 0.1) is 5.92 Å². The lowest BCUT2D eigenvalue weighted by Crippen LogP contribution is -2.44. The normalized spacial score (nSPS) is 18.7. The lowest BCUT2D eigenvalue weighted by Gasteiger charge is -2.34. The fraction of sp³-hybridized carbons (Fsp3) is 0.391. The van der Waals surface area contributed by atoms with Crippen molar-refractivity contribution in [1.29, 1.82) is 0 Å². The van der Waals surface area contributed by atoms with E-state index in [4.69, 9.17) is 0 Å². The molecule has 2 aromatic rings. The zero-order valence-corrected chi connectivity index (χ0v) is 17.7. The molecule has 4 rings (SSSR count). The average Bonchev–Trinajstić information content (AvgIpc) is 3.21. The molecule has 0 radical (unpaired) electrons. The molecule has 8 heteroatoms. The Kier molecular flexibility index (Phi) is 6.27. The Balaban J connectivity index is 1.44. The Morgan fingerprint density at radius 1 is 1.03 bits per heavy atom. The van der Waals surface area contributed by atoms with Crippen molar-refractivity contribution in [2.24, 2.45) is 5.92 Å². The van der Waals surface area contributed by atoms with Crippen molar-refractivity contribution in [3.63, 3.8) is 0 Å². The summed E-state index contributed by atoms with van der Waals surface area (Å²) in [5.41, 5.74) is 2.41. The van der Waals surface area contributed by atoms with Crippen molar-refractivity contribution in [3.05, 3.63) is 59.7 Å². The van der Waals surface area contributed by atoms with E-state index in [1.54, 1.807) is 29.2 Å². The SMILES string of the molecule is O=C(c1ccccc1SCC(=O)N1CCc2ccccc21)N1CCCC(C(F)(F)F)C1. The summed E-state index contributed by atoms with van der Waals surface area (Å²) in [5, 5.41) is 0. The molecule has 1 atom stereocenters. The monoisotopic (exact) mass is 448 g/mol. The van der Waals surface area contributed by atoms with Gasteiger partial charge < -0.3 is 9.80 Å². The van der Waals surface area contributed by atoms with Crippen molar-refractivity contribution in [2.75, 3.05) is 30.3 Å². The molecule has 0 spiro atoms. The molecule has 1 unspecified atom stereocenters. The van der Waals surface area contributed by atoms with Crippen molar-refractivity contribution >= 4 is 29.3 Å². The van der Waals surface area contributed by atoms with E-state index < -0.39 is 18.0 Å². The molecule has 1 fully saturated rings. The van der Waals surface area contributed by atoms with Crippen LogP contribution in [0.25, 0.3) is 0 Å². The minimum absolute atomic E-state index is 0.0488. The number of hydrogen-bond acceptors (Lipinski definition) is 3. The van der Waals surface area contributed by atoms with Gasteiger partial charge in [0, 0.05) is 30.2 Å². The highest BCUT2D eigenvalue weighted by Gasteiger charge is 2.43. The lowest BCUT2D eigenvalue weighted by atomic mass is 9.97. The first-order chi connectivity index (χ1) is 14.8. The van der Waals surface area contributed by atoms with Gasteiger partial charge in [-0.1, -0.05) is 30.3 Å². The number of piperidine rings is 1. The predicted octanol–water partition coefficient (Wildman–Crippen LogP) is 4.78.